The molecule has 76 valence electrons. The maximum Gasteiger partial charge on any atom is 0.343 e. The van der Waals surface area contributed by atoms with Crippen molar-refractivity contribution in [3.8, 4) is 0 Å². The minimum absolute atomic E-state index is 0.384. The number of ether oxygens (including phenoxy) is 1. The fraction of sp³-hybridized carbons (Fsp3) is 0.333. The van der Waals surface area contributed by atoms with E-state index in [-0.39, 0.29) is 6.10 Å². The molecule has 0 fully saturated rings. The molecule has 3 nitrogen and oxygen atoms in total. The second kappa shape index (κ2) is 4.13. The first-order valence-electron chi connectivity index (χ1n) is 4.02. The van der Waals surface area contributed by atoms with Gasteiger partial charge >= 0.3 is 5.97 Å². The van der Waals surface area contributed by atoms with Crippen LogP contribution in [0.5, 0.6) is 0 Å². The van der Waals surface area contributed by atoms with Crippen molar-refractivity contribution in [2.24, 2.45) is 0 Å². The van der Waals surface area contributed by atoms with Gasteiger partial charge in [-0.15, -0.1) is 0 Å². The molecule has 0 unspecified atom stereocenters. The summed E-state index contributed by atoms with van der Waals surface area (Å²) in [6.07, 6.45) is 0.312. The Kier molecular flexibility index (Phi) is 3.11. The zero-order valence-electron chi connectivity index (χ0n) is 7.75. The number of hydrogen-bond acceptors (Lipinski definition) is 3. The molecule has 0 aliphatic carbocycles. The Balaban J connectivity index is 2.94. The van der Waals surface area contributed by atoms with E-state index in [9.17, 15) is 13.6 Å². The number of rotatable bonds is 2. The number of esters is 1. The highest BCUT2D eigenvalue weighted by atomic mass is 19.1. The van der Waals surface area contributed by atoms with E-state index in [4.69, 9.17) is 0 Å². The summed E-state index contributed by atoms with van der Waals surface area (Å²) in [7, 11) is 0. The lowest BCUT2D eigenvalue weighted by atomic mass is 10.3. The summed E-state index contributed by atoms with van der Waals surface area (Å²) in [6.45, 7) is 3.23. The van der Waals surface area contributed by atoms with Gasteiger partial charge in [0.05, 0.1) is 12.3 Å². The van der Waals surface area contributed by atoms with Crippen LogP contribution in [0.3, 0.4) is 0 Å². The highest BCUT2D eigenvalue weighted by molar-refractivity contribution is 5.89. The summed E-state index contributed by atoms with van der Waals surface area (Å²) >= 11 is 0. The standard InChI is InChI=1S/C9H9F2NO2/c1-5(2)14-9(13)7-3-6(10)4-12-8(7)11/h3-5H,1-2H3. The molecule has 1 heterocycles. The molecule has 1 aromatic heterocycles. The molecule has 1 rings (SSSR count). The highest BCUT2D eigenvalue weighted by Crippen LogP contribution is 2.09. The second-order valence-electron chi connectivity index (χ2n) is 2.95. The summed E-state index contributed by atoms with van der Waals surface area (Å²) in [5.74, 6) is -2.72. The molecule has 0 saturated carbocycles. The van der Waals surface area contributed by atoms with Crippen LogP contribution in [0.25, 0.3) is 0 Å². The number of aromatic nitrogens is 1. The van der Waals surface area contributed by atoms with Crippen LogP contribution >= 0.6 is 0 Å². The predicted molar refractivity (Wildman–Crippen MR) is 44.7 cm³/mol. The van der Waals surface area contributed by atoms with E-state index < -0.39 is 23.3 Å². The van der Waals surface area contributed by atoms with Crippen molar-refractivity contribution in [3.63, 3.8) is 0 Å². The molecular formula is C9H9F2NO2. The zero-order chi connectivity index (χ0) is 10.7. The third kappa shape index (κ3) is 2.48. The number of carbonyl (C=O) groups excluding carboxylic acids is 1. The van der Waals surface area contributed by atoms with E-state index in [1.54, 1.807) is 13.8 Å². The molecule has 0 aliphatic heterocycles. The number of halogens is 2. The minimum Gasteiger partial charge on any atom is -0.459 e. The van der Waals surface area contributed by atoms with Crippen LogP contribution in [0.15, 0.2) is 12.3 Å². The molecule has 0 aliphatic rings. The van der Waals surface area contributed by atoms with E-state index in [1.807, 2.05) is 0 Å². The molecule has 14 heavy (non-hydrogen) atoms. The maximum atomic E-state index is 12.9. The number of carbonyl (C=O) groups is 1. The van der Waals surface area contributed by atoms with Crippen molar-refractivity contribution < 1.29 is 18.3 Å². The van der Waals surface area contributed by atoms with Gasteiger partial charge in [-0.05, 0) is 19.9 Å². The van der Waals surface area contributed by atoms with Gasteiger partial charge < -0.3 is 4.74 Å². The number of hydrogen-bond donors (Lipinski definition) is 0. The van der Waals surface area contributed by atoms with Crippen molar-refractivity contribution in [3.05, 3.63) is 29.6 Å². The maximum absolute atomic E-state index is 12.9. The first kappa shape index (κ1) is 10.6. The van der Waals surface area contributed by atoms with Crippen molar-refractivity contribution in [2.45, 2.75) is 20.0 Å². The Bertz CT molecular complexity index is 353. The molecule has 0 saturated heterocycles. The van der Waals surface area contributed by atoms with Gasteiger partial charge in [-0.2, -0.15) is 4.39 Å². The van der Waals surface area contributed by atoms with Crippen molar-refractivity contribution in [1.82, 2.24) is 4.98 Å². The van der Waals surface area contributed by atoms with E-state index >= 15 is 0 Å². The molecule has 0 spiro atoms. The molecule has 1 aromatic rings. The summed E-state index contributed by atoms with van der Waals surface area (Å²) in [5.41, 5.74) is -0.487. The van der Waals surface area contributed by atoms with Crippen LogP contribution in [-0.2, 0) is 4.74 Å². The van der Waals surface area contributed by atoms with Crippen LogP contribution in [0.2, 0.25) is 0 Å². The largest absolute Gasteiger partial charge is 0.459 e. The van der Waals surface area contributed by atoms with Crippen molar-refractivity contribution >= 4 is 5.97 Å². The van der Waals surface area contributed by atoms with Gasteiger partial charge in [0, 0.05) is 0 Å². The topological polar surface area (TPSA) is 39.2 Å². The number of pyridine rings is 1. The summed E-state index contributed by atoms with van der Waals surface area (Å²) in [4.78, 5) is 14.2. The van der Waals surface area contributed by atoms with Gasteiger partial charge in [-0.1, -0.05) is 0 Å². The van der Waals surface area contributed by atoms with Gasteiger partial charge in [0.1, 0.15) is 11.4 Å². The first-order chi connectivity index (χ1) is 6.50. The van der Waals surface area contributed by atoms with Crippen LogP contribution in [-0.4, -0.2) is 17.1 Å². The molecule has 0 amide bonds. The van der Waals surface area contributed by atoms with Gasteiger partial charge in [0.2, 0.25) is 5.95 Å². The SMILES string of the molecule is CC(C)OC(=O)c1cc(F)cnc1F. The Morgan fingerprint density at radius 2 is 2.14 bits per heavy atom. The van der Waals surface area contributed by atoms with Gasteiger partial charge in [0.15, 0.2) is 0 Å². The van der Waals surface area contributed by atoms with Crippen LogP contribution in [0.4, 0.5) is 8.78 Å². The Morgan fingerprint density at radius 3 is 2.71 bits per heavy atom. The lowest BCUT2D eigenvalue weighted by Gasteiger charge is -2.07. The Labute approximate surface area is 79.7 Å². The second-order valence-corrected chi connectivity index (χ2v) is 2.95. The smallest absolute Gasteiger partial charge is 0.343 e. The van der Waals surface area contributed by atoms with Crippen LogP contribution in [0.1, 0.15) is 24.2 Å². The molecule has 0 N–H and O–H groups in total. The fourth-order valence-electron chi connectivity index (χ4n) is 0.843. The first-order valence-corrected chi connectivity index (χ1v) is 4.02. The third-order valence-corrected chi connectivity index (χ3v) is 1.37. The highest BCUT2D eigenvalue weighted by Gasteiger charge is 2.16. The van der Waals surface area contributed by atoms with Gasteiger partial charge in [-0.25, -0.2) is 14.2 Å². The molecule has 5 heteroatoms. The van der Waals surface area contributed by atoms with Gasteiger partial charge in [-0.3, -0.25) is 0 Å². The van der Waals surface area contributed by atoms with Crippen LogP contribution in [0, 0.1) is 11.8 Å². The third-order valence-electron chi connectivity index (χ3n) is 1.37. The lowest BCUT2D eigenvalue weighted by Crippen LogP contribution is -2.14. The average molecular weight is 201 g/mol. The Hall–Kier alpha value is -1.52. The molecule has 0 radical (unpaired) electrons. The summed E-state index contributed by atoms with van der Waals surface area (Å²) in [6, 6.07) is 0.757. The minimum atomic E-state index is -1.03. The number of nitrogens with zero attached hydrogens (tertiary/aromatic N) is 1. The van der Waals surface area contributed by atoms with E-state index in [0.717, 1.165) is 6.07 Å². The molecule has 0 aromatic carbocycles. The summed E-state index contributed by atoms with van der Waals surface area (Å²) < 4.78 is 30.2. The normalized spacial score (nSPS) is 10.4. The van der Waals surface area contributed by atoms with E-state index in [0.29, 0.717) is 6.20 Å². The molecule has 0 atom stereocenters. The van der Waals surface area contributed by atoms with E-state index in [2.05, 4.69) is 9.72 Å². The zero-order valence-corrected chi connectivity index (χ0v) is 7.75. The fourth-order valence-corrected chi connectivity index (χ4v) is 0.843. The summed E-state index contributed by atoms with van der Waals surface area (Å²) in [5, 5.41) is 0. The quantitative estimate of drug-likeness (QED) is 0.542. The van der Waals surface area contributed by atoms with E-state index in [1.165, 1.54) is 0 Å². The monoisotopic (exact) mass is 201 g/mol. The molecule has 0 bridgehead atoms. The lowest BCUT2D eigenvalue weighted by molar-refractivity contribution is 0.0370. The molecular weight excluding hydrogens is 192 g/mol. The Morgan fingerprint density at radius 1 is 1.50 bits per heavy atom. The van der Waals surface area contributed by atoms with Crippen molar-refractivity contribution in [1.29, 1.82) is 0 Å². The van der Waals surface area contributed by atoms with Gasteiger partial charge in [0.25, 0.3) is 0 Å². The predicted octanol–water partition coefficient (Wildman–Crippen LogP) is 1.93. The average Bonchev–Trinajstić information content (AvgIpc) is 2.08. The van der Waals surface area contributed by atoms with Crippen LogP contribution < -0.4 is 0 Å². The van der Waals surface area contributed by atoms with Crippen molar-refractivity contribution in [2.75, 3.05) is 0 Å².